The summed E-state index contributed by atoms with van der Waals surface area (Å²) < 4.78 is 5.34. The monoisotopic (exact) mass is 250 g/mol. The van der Waals surface area contributed by atoms with Crippen LogP contribution in [0.4, 0.5) is 0 Å². The number of aryl methyl sites for hydroxylation is 1. The van der Waals surface area contributed by atoms with Crippen LogP contribution in [0.1, 0.15) is 11.3 Å². The molecule has 0 bridgehead atoms. The number of hydrogen-bond donors (Lipinski definition) is 1. The second kappa shape index (κ2) is 4.90. The van der Waals surface area contributed by atoms with E-state index in [4.69, 9.17) is 22.1 Å². The van der Waals surface area contributed by atoms with Gasteiger partial charge in [0.1, 0.15) is 5.75 Å². The van der Waals surface area contributed by atoms with Crippen LogP contribution in [0.25, 0.3) is 10.9 Å². The third-order valence-corrected chi connectivity index (χ3v) is 3.05. The Morgan fingerprint density at radius 3 is 2.82 bits per heavy atom. The predicted molar refractivity (Wildman–Crippen MR) is 70.8 cm³/mol. The molecule has 0 atom stereocenters. The molecule has 1 aromatic carbocycles. The molecule has 4 heteroatoms. The van der Waals surface area contributed by atoms with E-state index in [2.05, 4.69) is 4.98 Å². The zero-order valence-electron chi connectivity index (χ0n) is 9.96. The Morgan fingerprint density at radius 2 is 2.18 bits per heavy atom. The predicted octanol–water partition coefficient (Wildman–Crippen LogP) is 2.71. The number of rotatable bonds is 3. The highest BCUT2D eigenvalue weighted by Crippen LogP contribution is 2.32. The lowest BCUT2D eigenvalue weighted by Gasteiger charge is -2.11. The number of hydrogen-bond acceptors (Lipinski definition) is 3. The molecule has 1 aromatic heterocycles. The van der Waals surface area contributed by atoms with Crippen molar-refractivity contribution >= 4 is 22.5 Å². The van der Waals surface area contributed by atoms with Crippen molar-refractivity contribution in [3.05, 3.63) is 34.5 Å². The molecule has 0 saturated carbocycles. The van der Waals surface area contributed by atoms with Crippen molar-refractivity contribution in [3.8, 4) is 5.75 Å². The van der Waals surface area contributed by atoms with E-state index >= 15 is 0 Å². The number of nitrogens with two attached hydrogens (primary N) is 1. The minimum absolute atomic E-state index is 0.583. The van der Waals surface area contributed by atoms with Gasteiger partial charge in [-0.3, -0.25) is 4.98 Å². The molecular formula is C13H15ClN2O. The molecule has 0 spiro atoms. The van der Waals surface area contributed by atoms with Gasteiger partial charge in [-0.15, -0.1) is 0 Å². The van der Waals surface area contributed by atoms with Crippen molar-refractivity contribution in [2.24, 2.45) is 5.73 Å². The van der Waals surface area contributed by atoms with Crippen LogP contribution in [0.2, 0.25) is 5.02 Å². The van der Waals surface area contributed by atoms with Crippen molar-refractivity contribution < 1.29 is 4.74 Å². The van der Waals surface area contributed by atoms with Crippen LogP contribution in [0.3, 0.4) is 0 Å². The number of halogens is 1. The Kier molecular flexibility index (Phi) is 3.50. The van der Waals surface area contributed by atoms with Crippen LogP contribution in [-0.2, 0) is 6.42 Å². The van der Waals surface area contributed by atoms with Crippen molar-refractivity contribution in [1.82, 2.24) is 4.98 Å². The third-order valence-electron chi connectivity index (χ3n) is 2.74. The molecule has 0 aliphatic heterocycles. The van der Waals surface area contributed by atoms with Crippen molar-refractivity contribution in [2.45, 2.75) is 13.3 Å². The number of methoxy groups -OCH3 is 1. The zero-order chi connectivity index (χ0) is 12.4. The Hall–Kier alpha value is -1.32. The van der Waals surface area contributed by atoms with Crippen LogP contribution >= 0.6 is 11.6 Å². The molecule has 1 heterocycles. The molecule has 17 heavy (non-hydrogen) atoms. The molecular weight excluding hydrogens is 236 g/mol. The van der Waals surface area contributed by atoms with E-state index in [0.717, 1.165) is 34.3 Å². The maximum Gasteiger partial charge on any atom is 0.128 e. The maximum atomic E-state index is 6.18. The van der Waals surface area contributed by atoms with Gasteiger partial charge >= 0.3 is 0 Å². The lowest BCUT2D eigenvalue weighted by molar-refractivity contribution is 0.419. The third kappa shape index (κ3) is 2.21. The Bertz CT molecular complexity index is 555. The average Bonchev–Trinajstić information content (AvgIpc) is 2.31. The van der Waals surface area contributed by atoms with Crippen LogP contribution in [0.15, 0.2) is 18.2 Å². The van der Waals surface area contributed by atoms with E-state index in [0.29, 0.717) is 11.6 Å². The molecule has 90 valence electrons. The highest BCUT2D eigenvalue weighted by Gasteiger charge is 2.10. The molecule has 0 saturated heterocycles. The van der Waals surface area contributed by atoms with Crippen LogP contribution in [-0.4, -0.2) is 18.6 Å². The van der Waals surface area contributed by atoms with E-state index < -0.39 is 0 Å². The van der Waals surface area contributed by atoms with E-state index in [-0.39, 0.29) is 0 Å². The first kappa shape index (κ1) is 12.1. The number of ether oxygens (including phenoxy) is 1. The van der Waals surface area contributed by atoms with Gasteiger partial charge in [-0.1, -0.05) is 11.6 Å². The van der Waals surface area contributed by atoms with Gasteiger partial charge < -0.3 is 10.5 Å². The van der Waals surface area contributed by atoms with Gasteiger partial charge in [-0.25, -0.2) is 0 Å². The lowest BCUT2D eigenvalue weighted by Crippen LogP contribution is -2.05. The van der Waals surface area contributed by atoms with Gasteiger partial charge in [0, 0.05) is 17.5 Å². The maximum absolute atomic E-state index is 6.18. The summed E-state index contributed by atoms with van der Waals surface area (Å²) in [5.74, 6) is 0.800. The molecule has 3 nitrogen and oxygen atoms in total. The first-order valence-electron chi connectivity index (χ1n) is 5.50. The first-order chi connectivity index (χ1) is 8.17. The smallest absolute Gasteiger partial charge is 0.128 e. The quantitative estimate of drug-likeness (QED) is 0.911. The van der Waals surface area contributed by atoms with Crippen molar-refractivity contribution in [3.63, 3.8) is 0 Å². The second-order valence-electron chi connectivity index (χ2n) is 3.94. The highest BCUT2D eigenvalue weighted by atomic mass is 35.5. The molecule has 2 rings (SSSR count). The summed E-state index contributed by atoms with van der Waals surface area (Å²) in [6, 6.07) is 5.71. The minimum Gasteiger partial charge on any atom is -0.496 e. The SMILES string of the molecule is COc1ccc(Cl)c2nc(CCN)cc(C)c12. The molecule has 2 aromatic rings. The Morgan fingerprint density at radius 1 is 1.41 bits per heavy atom. The van der Waals surface area contributed by atoms with Crippen LogP contribution in [0, 0.1) is 6.92 Å². The molecule has 0 amide bonds. The lowest BCUT2D eigenvalue weighted by atomic mass is 10.1. The normalized spacial score (nSPS) is 10.8. The Balaban J connectivity index is 2.74. The standard InChI is InChI=1S/C13H15ClN2O/c1-8-7-9(5-6-15)16-13-10(14)3-4-11(17-2)12(8)13/h3-4,7H,5-6,15H2,1-2H3. The summed E-state index contributed by atoms with van der Waals surface area (Å²) in [4.78, 5) is 4.54. The van der Waals surface area contributed by atoms with Crippen LogP contribution < -0.4 is 10.5 Å². The topological polar surface area (TPSA) is 48.1 Å². The fourth-order valence-electron chi connectivity index (χ4n) is 1.98. The van der Waals surface area contributed by atoms with Gasteiger partial charge in [-0.2, -0.15) is 0 Å². The summed E-state index contributed by atoms with van der Waals surface area (Å²) in [6.45, 7) is 2.61. The molecule has 0 aliphatic carbocycles. The molecule has 0 radical (unpaired) electrons. The summed E-state index contributed by atoms with van der Waals surface area (Å²) in [7, 11) is 1.65. The van der Waals surface area contributed by atoms with Gasteiger partial charge in [-0.05, 0) is 37.2 Å². The second-order valence-corrected chi connectivity index (χ2v) is 4.35. The van der Waals surface area contributed by atoms with E-state index in [1.54, 1.807) is 13.2 Å². The fraction of sp³-hybridized carbons (Fsp3) is 0.308. The molecule has 2 N–H and O–H groups in total. The van der Waals surface area contributed by atoms with E-state index in [1.807, 2.05) is 19.1 Å². The fourth-order valence-corrected chi connectivity index (χ4v) is 2.18. The highest BCUT2D eigenvalue weighted by molar-refractivity contribution is 6.35. The number of nitrogens with zero attached hydrogens (tertiary/aromatic N) is 1. The van der Waals surface area contributed by atoms with Crippen molar-refractivity contribution in [1.29, 1.82) is 0 Å². The molecule has 0 unspecified atom stereocenters. The minimum atomic E-state index is 0.583. The van der Waals surface area contributed by atoms with Crippen molar-refractivity contribution in [2.75, 3.05) is 13.7 Å². The largest absolute Gasteiger partial charge is 0.496 e. The van der Waals surface area contributed by atoms with Gasteiger partial charge in [0.15, 0.2) is 0 Å². The first-order valence-corrected chi connectivity index (χ1v) is 5.88. The van der Waals surface area contributed by atoms with Gasteiger partial charge in [0.05, 0.1) is 17.6 Å². The summed E-state index contributed by atoms with van der Waals surface area (Å²) in [5.41, 5.74) is 8.41. The molecule has 0 aliphatic rings. The summed E-state index contributed by atoms with van der Waals surface area (Å²) in [5, 5.41) is 1.61. The Labute approximate surface area is 106 Å². The van der Waals surface area contributed by atoms with Gasteiger partial charge in [0.25, 0.3) is 0 Å². The summed E-state index contributed by atoms with van der Waals surface area (Å²) >= 11 is 6.18. The molecule has 0 fully saturated rings. The van der Waals surface area contributed by atoms with E-state index in [1.165, 1.54) is 0 Å². The summed E-state index contributed by atoms with van der Waals surface area (Å²) in [6.07, 6.45) is 0.754. The number of benzene rings is 1. The number of fused-ring (bicyclic) bond motifs is 1. The zero-order valence-corrected chi connectivity index (χ0v) is 10.7. The van der Waals surface area contributed by atoms with Crippen LogP contribution in [0.5, 0.6) is 5.75 Å². The number of aromatic nitrogens is 1. The average molecular weight is 251 g/mol. The van der Waals surface area contributed by atoms with E-state index in [9.17, 15) is 0 Å². The van der Waals surface area contributed by atoms with Gasteiger partial charge in [0.2, 0.25) is 0 Å². The number of pyridine rings is 1.